The fraction of sp³-hybridized carbons (Fsp3) is 0.588. The first-order valence-electron chi connectivity index (χ1n) is 8.46. The molecule has 5 nitrogen and oxygen atoms in total. The molecule has 1 saturated heterocycles. The number of anilines is 1. The summed E-state index contributed by atoms with van der Waals surface area (Å²) < 4.78 is 2.17. The highest BCUT2D eigenvalue weighted by atomic mass is 35.5. The third-order valence-corrected chi connectivity index (χ3v) is 4.95. The number of rotatable bonds is 9. The Morgan fingerprint density at radius 1 is 1.29 bits per heavy atom. The van der Waals surface area contributed by atoms with Gasteiger partial charge in [-0.3, -0.25) is 0 Å². The monoisotopic (exact) mass is 369 g/mol. The van der Waals surface area contributed by atoms with E-state index in [1.807, 2.05) is 0 Å². The van der Waals surface area contributed by atoms with Crippen LogP contribution in [-0.4, -0.2) is 54.0 Å². The largest absolute Gasteiger partial charge is 0.369 e. The average molecular weight is 370 g/mol. The van der Waals surface area contributed by atoms with Crippen molar-refractivity contribution in [3.8, 4) is 0 Å². The molecule has 0 radical (unpaired) electrons. The van der Waals surface area contributed by atoms with Crippen molar-refractivity contribution in [3.05, 3.63) is 24.0 Å². The van der Waals surface area contributed by atoms with Crippen LogP contribution in [0.1, 0.15) is 5.82 Å². The molecule has 0 bridgehead atoms. The van der Waals surface area contributed by atoms with E-state index in [1.54, 1.807) is 0 Å². The first kappa shape index (κ1) is 17.8. The lowest BCUT2D eigenvalue weighted by molar-refractivity contribution is 0.330. The highest BCUT2D eigenvalue weighted by molar-refractivity contribution is 6.18. The molecule has 3 rings (SSSR count). The van der Waals surface area contributed by atoms with Crippen molar-refractivity contribution in [2.75, 3.05) is 49.4 Å². The quantitative estimate of drug-likeness (QED) is 0.664. The number of hydrogen-bond donors (Lipinski definition) is 2. The van der Waals surface area contributed by atoms with E-state index in [0.29, 0.717) is 11.8 Å². The van der Waals surface area contributed by atoms with Crippen LogP contribution in [0.5, 0.6) is 0 Å². The second-order valence-corrected chi connectivity index (χ2v) is 7.04. The molecule has 1 aromatic carbocycles. The van der Waals surface area contributed by atoms with E-state index in [2.05, 4.69) is 45.3 Å². The summed E-state index contributed by atoms with van der Waals surface area (Å²) in [6.07, 6.45) is 0. The van der Waals surface area contributed by atoms with Gasteiger partial charge in [0.2, 0.25) is 0 Å². The number of halogens is 2. The van der Waals surface area contributed by atoms with Gasteiger partial charge in [0.25, 0.3) is 0 Å². The molecule has 7 heteroatoms. The van der Waals surface area contributed by atoms with Crippen LogP contribution in [0.4, 0.5) is 5.69 Å². The molecule has 24 heavy (non-hydrogen) atoms. The molecular formula is C17H25Cl2N5. The van der Waals surface area contributed by atoms with Crippen LogP contribution >= 0.6 is 23.2 Å². The Hall–Kier alpha value is -1.01. The zero-order chi connectivity index (χ0) is 16.9. The van der Waals surface area contributed by atoms with Crippen molar-refractivity contribution in [1.82, 2.24) is 20.2 Å². The van der Waals surface area contributed by atoms with E-state index in [1.165, 1.54) is 0 Å². The Balaban J connectivity index is 1.73. The van der Waals surface area contributed by atoms with Gasteiger partial charge in [0.05, 0.1) is 17.6 Å². The van der Waals surface area contributed by atoms with Crippen LogP contribution in [0.15, 0.2) is 18.2 Å². The number of imidazole rings is 1. The highest BCUT2D eigenvalue weighted by Crippen LogP contribution is 2.23. The van der Waals surface area contributed by atoms with Crippen LogP contribution in [0, 0.1) is 5.92 Å². The van der Waals surface area contributed by atoms with E-state index in [0.717, 1.165) is 67.7 Å². The van der Waals surface area contributed by atoms with Gasteiger partial charge in [0, 0.05) is 57.2 Å². The molecule has 0 amide bonds. The summed E-state index contributed by atoms with van der Waals surface area (Å²) in [6.45, 7) is 5.66. The number of alkyl halides is 2. The number of nitrogens with one attached hydrogen (secondary N) is 2. The predicted molar refractivity (Wildman–Crippen MR) is 102 cm³/mol. The third-order valence-electron chi connectivity index (χ3n) is 4.61. The second-order valence-electron chi connectivity index (χ2n) is 6.28. The summed E-state index contributed by atoms with van der Waals surface area (Å²) in [7, 11) is 2.08. The molecule has 0 aliphatic carbocycles. The van der Waals surface area contributed by atoms with E-state index in [9.17, 15) is 0 Å². The maximum Gasteiger partial charge on any atom is 0.123 e. The first-order chi connectivity index (χ1) is 11.7. The molecule has 0 spiro atoms. The number of hydrogen-bond acceptors (Lipinski definition) is 4. The van der Waals surface area contributed by atoms with Crippen LogP contribution in [-0.2, 0) is 13.6 Å². The first-order valence-corrected chi connectivity index (χ1v) is 9.53. The van der Waals surface area contributed by atoms with Crippen LogP contribution in [0.2, 0.25) is 0 Å². The molecule has 1 aliphatic rings. The van der Waals surface area contributed by atoms with Gasteiger partial charge in [0.15, 0.2) is 0 Å². The molecule has 0 unspecified atom stereocenters. The summed E-state index contributed by atoms with van der Waals surface area (Å²) in [5, 5.41) is 6.81. The summed E-state index contributed by atoms with van der Waals surface area (Å²) in [4.78, 5) is 7.01. The molecule has 132 valence electrons. The summed E-state index contributed by atoms with van der Waals surface area (Å²) in [6, 6.07) is 6.39. The van der Waals surface area contributed by atoms with Crippen LogP contribution in [0.25, 0.3) is 11.0 Å². The van der Waals surface area contributed by atoms with Crippen molar-refractivity contribution < 1.29 is 0 Å². The third kappa shape index (κ3) is 3.97. The Bertz CT molecular complexity index is 662. The minimum absolute atomic E-state index is 0.586. The second kappa shape index (κ2) is 8.39. The number of aryl methyl sites for hydroxylation is 1. The van der Waals surface area contributed by atoms with Gasteiger partial charge in [-0.2, -0.15) is 0 Å². The Morgan fingerprint density at radius 3 is 2.67 bits per heavy atom. The molecule has 2 N–H and O–H groups in total. The summed E-state index contributed by atoms with van der Waals surface area (Å²) in [5.74, 6) is 2.99. The molecule has 1 fully saturated rings. The Morgan fingerprint density at radius 2 is 2.04 bits per heavy atom. The molecule has 2 heterocycles. The Kier molecular flexibility index (Phi) is 6.22. The standard InChI is InChI=1S/C17H25Cl2N5/c1-23-16-3-2-14(24(6-4-18)7-5-19)8-15(16)22-17(23)12-21-11-13-9-20-10-13/h2-3,8,13,20-21H,4-7,9-12H2,1H3. The number of nitrogens with zero attached hydrogens (tertiary/aromatic N) is 3. The van der Waals surface area contributed by atoms with E-state index < -0.39 is 0 Å². The van der Waals surface area contributed by atoms with E-state index >= 15 is 0 Å². The number of aromatic nitrogens is 2. The van der Waals surface area contributed by atoms with Crippen LogP contribution < -0.4 is 15.5 Å². The highest BCUT2D eigenvalue weighted by Gasteiger charge is 2.16. The predicted octanol–water partition coefficient (Wildman–Crippen LogP) is 2.17. The lowest BCUT2D eigenvalue weighted by atomic mass is 10.0. The molecule has 1 aliphatic heterocycles. The normalized spacial score (nSPS) is 15.0. The lowest BCUT2D eigenvalue weighted by Crippen LogP contribution is -2.47. The van der Waals surface area contributed by atoms with Crippen molar-refractivity contribution in [2.24, 2.45) is 13.0 Å². The molecule has 0 atom stereocenters. The average Bonchev–Trinajstić information content (AvgIpc) is 2.85. The lowest BCUT2D eigenvalue weighted by Gasteiger charge is -2.27. The molecule has 0 saturated carbocycles. The maximum atomic E-state index is 5.91. The fourth-order valence-electron chi connectivity index (χ4n) is 3.05. The van der Waals surface area contributed by atoms with E-state index in [4.69, 9.17) is 28.2 Å². The van der Waals surface area contributed by atoms with Gasteiger partial charge < -0.3 is 20.1 Å². The minimum Gasteiger partial charge on any atom is -0.369 e. The maximum absolute atomic E-state index is 5.91. The fourth-order valence-corrected chi connectivity index (χ4v) is 3.46. The van der Waals surface area contributed by atoms with Gasteiger partial charge in [0.1, 0.15) is 5.82 Å². The molecule has 2 aromatic rings. The minimum atomic E-state index is 0.586. The zero-order valence-electron chi connectivity index (χ0n) is 14.1. The smallest absolute Gasteiger partial charge is 0.123 e. The van der Waals surface area contributed by atoms with Gasteiger partial charge in [-0.15, -0.1) is 23.2 Å². The number of fused-ring (bicyclic) bond motifs is 1. The molecule has 1 aromatic heterocycles. The zero-order valence-corrected chi connectivity index (χ0v) is 15.6. The SMILES string of the molecule is Cn1c(CNCC2CNC2)nc2cc(N(CCCl)CCCl)ccc21. The number of benzene rings is 1. The van der Waals surface area contributed by atoms with Gasteiger partial charge in [-0.05, 0) is 24.1 Å². The van der Waals surface area contributed by atoms with Crippen molar-refractivity contribution in [1.29, 1.82) is 0 Å². The van der Waals surface area contributed by atoms with Crippen molar-refractivity contribution in [2.45, 2.75) is 6.54 Å². The van der Waals surface area contributed by atoms with Crippen molar-refractivity contribution in [3.63, 3.8) is 0 Å². The molecular weight excluding hydrogens is 345 g/mol. The van der Waals surface area contributed by atoms with Gasteiger partial charge in [-0.25, -0.2) is 4.98 Å². The Labute approximate surface area is 153 Å². The van der Waals surface area contributed by atoms with Crippen molar-refractivity contribution >= 4 is 39.9 Å². The van der Waals surface area contributed by atoms with Crippen LogP contribution in [0.3, 0.4) is 0 Å². The summed E-state index contributed by atoms with van der Waals surface area (Å²) >= 11 is 11.8. The van der Waals surface area contributed by atoms with Gasteiger partial charge in [-0.1, -0.05) is 0 Å². The topological polar surface area (TPSA) is 45.1 Å². The van der Waals surface area contributed by atoms with E-state index in [-0.39, 0.29) is 0 Å². The summed E-state index contributed by atoms with van der Waals surface area (Å²) in [5.41, 5.74) is 3.30. The van der Waals surface area contributed by atoms with Gasteiger partial charge >= 0.3 is 0 Å².